The van der Waals surface area contributed by atoms with Gasteiger partial charge in [0, 0.05) is 12.1 Å². The van der Waals surface area contributed by atoms with Crippen LogP contribution in [0.15, 0.2) is 72.8 Å². The van der Waals surface area contributed by atoms with Gasteiger partial charge in [-0.3, -0.25) is 4.79 Å². The van der Waals surface area contributed by atoms with E-state index in [9.17, 15) is 27.9 Å². The van der Waals surface area contributed by atoms with Crippen molar-refractivity contribution in [3.05, 3.63) is 95.1 Å². The lowest BCUT2D eigenvalue weighted by molar-refractivity contribution is -0.137. The molecule has 0 aliphatic carbocycles. The van der Waals surface area contributed by atoms with Crippen LogP contribution in [0.1, 0.15) is 31.8 Å². The van der Waals surface area contributed by atoms with Gasteiger partial charge >= 0.3 is 12.1 Å². The van der Waals surface area contributed by atoms with E-state index in [1.807, 2.05) is 30.3 Å². The largest absolute Gasteiger partial charge is 0.478 e. The van der Waals surface area contributed by atoms with Crippen LogP contribution in [-0.4, -0.2) is 23.5 Å². The molecule has 0 bridgehead atoms. The smallest absolute Gasteiger partial charge is 0.417 e. The zero-order valence-corrected chi connectivity index (χ0v) is 15.7. The van der Waals surface area contributed by atoms with Gasteiger partial charge in [0.1, 0.15) is 0 Å². The number of alkyl halides is 3. The van der Waals surface area contributed by atoms with Crippen molar-refractivity contribution >= 4 is 11.9 Å². The number of carbonyl (C=O) groups is 2. The third-order valence-electron chi connectivity index (χ3n) is 4.53. The molecule has 0 aromatic heterocycles. The SMILES string of the molecule is O=C(O)c1cc(C(=O)NCCc2ccccc2)cc(-c2ccccc2C(F)(F)F)c1. The van der Waals surface area contributed by atoms with E-state index in [-0.39, 0.29) is 22.3 Å². The van der Waals surface area contributed by atoms with Gasteiger partial charge in [0.05, 0.1) is 11.1 Å². The molecule has 4 nitrogen and oxygen atoms in total. The topological polar surface area (TPSA) is 66.4 Å². The summed E-state index contributed by atoms with van der Waals surface area (Å²) in [5, 5.41) is 12.0. The van der Waals surface area contributed by atoms with Gasteiger partial charge in [-0.1, -0.05) is 48.5 Å². The predicted octanol–water partition coefficient (Wildman–Crippen LogP) is 5.04. The molecule has 0 radical (unpaired) electrons. The number of halogens is 3. The van der Waals surface area contributed by atoms with Gasteiger partial charge in [0.2, 0.25) is 0 Å². The average molecular weight is 413 g/mol. The fourth-order valence-electron chi connectivity index (χ4n) is 3.09. The van der Waals surface area contributed by atoms with Crippen molar-refractivity contribution < 1.29 is 27.9 Å². The standard InChI is InChI=1S/C23H18F3NO3/c24-23(25,26)20-9-5-4-8-19(20)16-12-17(14-18(13-16)22(29)30)21(28)27-11-10-15-6-2-1-3-7-15/h1-9,12-14H,10-11H2,(H,27,28)(H,29,30). The van der Waals surface area contributed by atoms with Crippen LogP contribution >= 0.6 is 0 Å². The Hall–Kier alpha value is -3.61. The highest BCUT2D eigenvalue weighted by Crippen LogP contribution is 2.37. The highest BCUT2D eigenvalue weighted by atomic mass is 19.4. The van der Waals surface area contributed by atoms with Gasteiger partial charge in [-0.25, -0.2) is 4.79 Å². The van der Waals surface area contributed by atoms with Gasteiger partial charge in [-0.15, -0.1) is 0 Å². The van der Waals surface area contributed by atoms with Crippen LogP contribution in [0, 0.1) is 0 Å². The van der Waals surface area contributed by atoms with Gasteiger partial charge < -0.3 is 10.4 Å². The second-order valence-electron chi connectivity index (χ2n) is 6.64. The minimum absolute atomic E-state index is 0.0102. The van der Waals surface area contributed by atoms with E-state index in [1.54, 1.807) is 0 Å². The number of carboxylic acids is 1. The van der Waals surface area contributed by atoms with Crippen molar-refractivity contribution in [3.8, 4) is 11.1 Å². The van der Waals surface area contributed by atoms with Crippen molar-refractivity contribution in [3.63, 3.8) is 0 Å². The molecule has 0 aliphatic heterocycles. The summed E-state index contributed by atoms with van der Waals surface area (Å²) in [6, 6.07) is 17.8. The maximum absolute atomic E-state index is 13.4. The summed E-state index contributed by atoms with van der Waals surface area (Å²) in [7, 11) is 0. The molecule has 3 aromatic rings. The summed E-state index contributed by atoms with van der Waals surface area (Å²) >= 11 is 0. The Labute approximate surface area is 171 Å². The maximum Gasteiger partial charge on any atom is 0.417 e. The van der Waals surface area contributed by atoms with Gasteiger partial charge in [-0.2, -0.15) is 13.2 Å². The summed E-state index contributed by atoms with van der Waals surface area (Å²) in [4.78, 5) is 24.0. The van der Waals surface area contributed by atoms with Gasteiger partial charge in [-0.05, 0) is 47.4 Å². The number of nitrogens with one attached hydrogen (secondary N) is 1. The fourth-order valence-corrected chi connectivity index (χ4v) is 3.09. The first-order valence-corrected chi connectivity index (χ1v) is 9.13. The number of carboxylic acid groups (broad SMARTS) is 1. The number of hydrogen-bond acceptors (Lipinski definition) is 2. The molecule has 3 rings (SSSR count). The highest BCUT2D eigenvalue weighted by molar-refractivity contribution is 5.99. The summed E-state index contributed by atoms with van der Waals surface area (Å²) in [5.74, 6) is -1.89. The minimum atomic E-state index is -4.62. The van der Waals surface area contributed by atoms with E-state index in [2.05, 4.69) is 5.32 Å². The Morgan fingerprint density at radius 3 is 2.17 bits per heavy atom. The molecule has 30 heavy (non-hydrogen) atoms. The third-order valence-corrected chi connectivity index (χ3v) is 4.53. The van der Waals surface area contributed by atoms with Crippen molar-refractivity contribution in [2.75, 3.05) is 6.54 Å². The first-order chi connectivity index (χ1) is 14.3. The highest BCUT2D eigenvalue weighted by Gasteiger charge is 2.33. The molecule has 1 amide bonds. The molecule has 0 fully saturated rings. The number of benzene rings is 3. The van der Waals surface area contributed by atoms with E-state index >= 15 is 0 Å². The molecule has 3 aromatic carbocycles. The van der Waals surface area contributed by atoms with Crippen molar-refractivity contribution in [2.45, 2.75) is 12.6 Å². The lowest BCUT2D eigenvalue weighted by Gasteiger charge is -2.14. The summed E-state index contributed by atoms with van der Waals surface area (Å²) in [5.41, 5.74) is -0.352. The van der Waals surface area contributed by atoms with Crippen LogP contribution < -0.4 is 5.32 Å². The van der Waals surface area contributed by atoms with E-state index in [0.29, 0.717) is 13.0 Å². The summed E-state index contributed by atoms with van der Waals surface area (Å²) < 4.78 is 40.2. The predicted molar refractivity (Wildman–Crippen MR) is 106 cm³/mol. The quantitative estimate of drug-likeness (QED) is 0.595. The van der Waals surface area contributed by atoms with Gasteiger partial charge in [0.25, 0.3) is 5.91 Å². The number of aromatic carboxylic acids is 1. The van der Waals surface area contributed by atoms with Crippen LogP contribution in [0.5, 0.6) is 0 Å². The summed E-state index contributed by atoms with van der Waals surface area (Å²) in [6.45, 7) is 0.300. The Morgan fingerprint density at radius 2 is 1.50 bits per heavy atom. The van der Waals surface area contributed by atoms with E-state index in [1.165, 1.54) is 24.3 Å². The van der Waals surface area contributed by atoms with Crippen LogP contribution in [-0.2, 0) is 12.6 Å². The van der Waals surface area contributed by atoms with Crippen LogP contribution in [0.3, 0.4) is 0 Å². The first kappa shape index (κ1) is 21.1. The van der Waals surface area contributed by atoms with Crippen molar-refractivity contribution in [1.82, 2.24) is 5.32 Å². The zero-order chi connectivity index (χ0) is 21.7. The van der Waals surface area contributed by atoms with E-state index in [0.717, 1.165) is 23.8 Å². The van der Waals surface area contributed by atoms with Crippen LogP contribution in [0.4, 0.5) is 13.2 Å². The lowest BCUT2D eigenvalue weighted by atomic mass is 9.95. The molecular formula is C23H18F3NO3. The zero-order valence-electron chi connectivity index (χ0n) is 15.7. The number of carbonyl (C=O) groups excluding carboxylic acids is 1. The third kappa shape index (κ3) is 5.05. The second-order valence-corrected chi connectivity index (χ2v) is 6.64. The molecule has 0 atom stereocenters. The monoisotopic (exact) mass is 413 g/mol. The Balaban J connectivity index is 1.90. The molecule has 0 saturated carbocycles. The number of rotatable bonds is 6. The normalized spacial score (nSPS) is 11.2. The fraction of sp³-hybridized carbons (Fsp3) is 0.130. The molecule has 0 spiro atoms. The summed E-state index contributed by atoms with van der Waals surface area (Å²) in [6.07, 6.45) is -4.05. The lowest BCUT2D eigenvalue weighted by Crippen LogP contribution is -2.26. The van der Waals surface area contributed by atoms with E-state index in [4.69, 9.17) is 0 Å². The average Bonchev–Trinajstić information content (AvgIpc) is 2.73. The number of amides is 1. The van der Waals surface area contributed by atoms with E-state index < -0.39 is 23.6 Å². The van der Waals surface area contributed by atoms with Crippen LogP contribution in [0.2, 0.25) is 0 Å². The molecule has 2 N–H and O–H groups in total. The molecular weight excluding hydrogens is 395 g/mol. The Kier molecular flexibility index (Phi) is 6.20. The Bertz CT molecular complexity index is 1060. The molecule has 0 saturated heterocycles. The molecule has 0 unspecified atom stereocenters. The second kappa shape index (κ2) is 8.82. The first-order valence-electron chi connectivity index (χ1n) is 9.13. The van der Waals surface area contributed by atoms with Crippen LogP contribution in [0.25, 0.3) is 11.1 Å². The molecule has 0 aliphatic rings. The molecule has 0 heterocycles. The Morgan fingerprint density at radius 1 is 0.867 bits per heavy atom. The molecule has 154 valence electrons. The minimum Gasteiger partial charge on any atom is -0.478 e. The van der Waals surface area contributed by atoms with Crippen molar-refractivity contribution in [2.24, 2.45) is 0 Å². The maximum atomic E-state index is 13.4. The number of hydrogen-bond donors (Lipinski definition) is 2. The molecule has 7 heteroatoms. The van der Waals surface area contributed by atoms with Gasteiger partial charge in [0.15, 0.2) is 0 Å². The van der Waals surface area contributed by atoms with Crippen molar-refractivity contribution in [1.29, 1.82) is 0 Å².